The predicted molar refractivity (Wildman–Crippen MR) is 59.8 cm³/mol. The van der Waals surface area contributed by atoms with Gasteiger partial charge in [-0.1, -0.05) is 0 Å². The first-order valence-corrected chi connectivity index (χ1v) is 4.92. The van der Waals surface area contributed by atoms with E-state index in [1.165, 1.54) is 26.7 Å². The van der Waals surface area contributed by atoms with Crippen molar-refractivity contribution in [1.82, 2.24) is 4.98 Å². The molecular weight excluding hydrogens is 222 g/mol. The standard InChI is InChI=1S/C12H11NO4/c1-15-10-4-3-8(11-13-5-6-17-11)7-9(10)12(14)16-2/h3-7H,1-2H3. The van der Waals surface area contributed by atoms with Crippen molar-refractivity contribution >= 4 is 5.97 Å². The Kier molecular flexibility index (Phi) is 3.09. The number of aromatic nitrogens is 1. The SMILES string of the molecule is COC(=O)c1cc(-c2ncco2)ccc1OC. The molecule has 0 bridgehead atoms. The second kappa shape index (κ2) is 4.69. The Balaban J connectivity index is 2.48. The van der Waals surface area contributed by atoms with Crippen LogP contribution in [0.15, 0.2) is 35.1 Å². The maximum absolute atomic E-state index is 11.6. The molecule has 0 aliphatic rings. The zero-order valence-electron chi connectivity index (χ0n) is 9.47. The zero-order valence-corrected chi connectivity index (χ0v) is 9.47. The first-order valence-electron chi connectivity index (χ1n) is 4.92. The molecule has 5 nitrogen and oxygen atoms in total. The van der Waals surface area contributed by atoms with E-state index < -0.39 is 5.97 Å². The van der Waals surface area contributed by atoms with E-state index in [9.17, 15) is 4.79 Å². The molecule has 17 heavy (non-hydrogen) atoms. The lowest BCUT2D eigenvalue weighted by atomic mass is 10.1. The average Bonchev–Trinajstić information content (AvgIpc) is 2.91. The summed E-state index contributed by atoms with van der Waals surface area (Å²) in [7, 11) is 2.81. The topological polar surface area (TPSA) is 61.6 Å². The number of hydrogen-bond donors (Lipinski definition) is 0. The average molecular weight is 233 g/mol. The van der Waals surface area contributed by atoms with Gasteiger partial charge in [-0.3, -0.25) is 0 Å². The second-order valence-corrected chi connectivity index (χ2v) is 3.24. The molecule has 0 N–H and O–H groups in total. The molecular formula is C12H11NO4. The first-order chi connectivity index (χ1) is 8.26. The van der Waals surface area contributed by atoms with E-state index in [-0.39, 0.29) is 0 Å². The van der Waals surface area contributed by atoms with Gasteiger partial charge in [0.05, 0.1) is 20.4 Å². The van der Waals surface area contributed by atoms with Crippen molar-refractivity contribution in [2.75, 3.05) is 14.2 Å². The molecule has 5 heteroatoms. The van der Waals surface area contributed by atoms with Gasteiger partial charge in [-0.05, 0) is 18.2 Å². The summed E-state index contributed by atoms with van der Waals surface area (Å²) in [5.74, 6) is 0.431. The third-order valence-corrected chi connectivity index (χ3v) is 2.28. The van der Waals surface area contributed by atoms with Crippen LogP contribution in [0.4, 0.5) is 0 Å². The number of oxazole rings is 1. The van der Waals surface area contributed by atoms with Crippen LogP contribution in [0.25, 0.3) is 11.5 Å². The summed E-state index contributed by atoms with van der Waals surface area (Å²) in [6, 6.07) is 5.05. The van der Waals surface area contributed by atoms with Crippen molar-refractivity contribution in [1.29, 1.82) is 0 Å². The normalized spacial score (nSPS) is 10.0. The van der Waals surface area contributed by atoms with Crippen LogP contribution >= 0.6 is 0 Å². The van der Waals surface area contributed by atoms with E-state index in [2.05, 4.69) is 9.72 Å². The third-order valence-electron chi connectivity index (χ3n) is 2.28. The van der Waals surface area contributed by atoms with Crippen LogP contribution in [0.3, 0.4) is 0 Å². The van der Waals surface area contributed by atoms with Crippen molar-refractivity contribution < 1.29 is 18.7 Å². The third kappa shape index (κ3) is 2.13. The first kappa shape index (κ1) is 11.2. The van der Waals surface area contributed by atoms with Crippen molar-refractivity contribution in [3.63, 3.8) is 0 Å². The lowest BCUT2D eigenvalue weighted by Crippen LogP contribution is -2.04. The number of methoxy groups -OCH3 is 2. The van der Waals surface area contributed by atoms with Crippen molar-refractivity contribution in [2.45, 2.75) is 0 Å². The Bertz CT molecular complexity index is 519. The summed E-state index contributed by atoms with van der Waals surface area (Å²) >= 11 is 0. The monoisotopic (exact) mass is 233 g/mol. The maximum atomic E-state index is 11.6. The van der Waals surface area contributed by atoms with Crippen LogP contribution in [0.5, 0.6) is 5.75 Å². The number of benzene rings is 1. The molecule has 0 saturated carbocycles. The molecule has 2 aromatic rings. The minimum atomic E-state index is -0.463. The highest BCUT2D eigenvalue weighted by atomic mass is 16.5. The van der Waals surface area contributed by atoms with Gasteiger partial charge >= 0.3 is 5.97 Å². The minimum absolute atomic E-state index is 0.339. The van der Waals surface area contributed by atoms with E-state index in [1.54, 1.807) is 18.2 Å². The molecule has 0 aliphatic heterocycles. The van der Waals surface area contributed by atoms with Gasteiger partial charge in [0, 0.05) is 5.56 Å². The van der Waals surface area contributed by atoms with Crippen LogP contribution in [0.2, 0.25) is 0 Å². The largest absolute Gasteiger partial charge is 0.496 e. The number of carbonyl (C=O) groups excluding carboxylic acids is 1. The Morgan fingerprint density at radius 2 is 2.18 bits per heavy atom. The minimum Gasteiger partial charge on any atom is -0.496 e. The van der Waals surface area contributed by atoms with Crippen LogP contribution in [0, 0.1) is 0 Å². The highest BCUT2D eigenvalue weighted by Crippen LogP contribution is 2.26. The van der Waals surface area contributed by atoms with Gasteiger partial charge in [-0.15, -0.1) is 0 Å². The molecule has 88 valence electrons. The number of carbonyl (C=O) groups is 1. The summed E-state index contributed by atoms with van der Waals surface area (Å²) < 4.78 is 14.9. The zero-order chi connectivity index (χ0) is 12.3. The fourth-order valence-electron chi connectivity index (χ4n) is 1.48. The Morgan fingerprint density at radius 3 is 2.76 bits per heavy atom. The lowest BCUT2D eigenvalue weighted by Gasteiger charge is -2.07. The Labute approximate surface area is 98.0 Å². The van der Waals surface area contributed by atoms with Crippen molar-refractivity contribution in [3.05, 3.63) is 36.2 Å². The van der Waals surface area contributed by atoms with Crippen LogP contribution in [-0.4, -0.2) is 25.2 Å². The molecule has 0 spiro atoms. The number of rotatable bonds is 3. The molecule has 1 aromatic carbocycles. The fraction of sp³-hybridized carbons (Fsp3) is 0.167. The van der Waals surface area contributed by atoms with E-state index in [1.807, 2.05) is 0 Å². The van der Waals surface area contributed by atoms with E-state index >= 15 is 0 Å². The summed E-state index contributed by atoms with van der Waals surface area (Å²) in [6.07, 6.45) is 3.01. The van der Waals surface area contributed by atoms with Gasteiger partial charge in [0.25, 0.3) is 0 Å². The smallest absolute Gasteiger partial charge is 0.341 e. The molecule has 1 aromatic heterocycles. The van der Waals surface area contributed by atoms with Crippen LogP contribution in [0.1, 0.15) is 10.4 Å². The lowest BCUT2D eigenvalue weighted by molar-refractivity contribution is 0.0597. The van der Waals surface area contributed by atoms with E-state index in [4.69, 9.17) is 9.15 Å². The molecule has 0 amide bonds. The number of nitrogens with zero attached hydrogens (tertiary/aromatic N) is 1. The quantitative estimate of drug-likeness (QED) is 0.760. The maximum Gasteiger partial charge on any atom is 0.341 e. The molecule has 0 saturated heterocycles. The second-order valence-electron chi connectivity index (χ2n) is 3.24. The highest BCUT2D eigenvalue weighted by Gasteiger charge is 2.15. The molecule has 0 atom stereocenters. The summed E-state index contributed by atoms with van der Waals surface area (Å²) in [4.78, 5) is 15.6. The van der Waals surface area contributed by atoms with E-state index in [0.717, 1.165) is 0 Å². The fourth-order valence-corrected chi connectivity index (χ4v) is 1.48. The highest BCUT2D eigenvalue weighted by molar-refractivity contribution is 5.93. The summed E-state index contributed by atoms with van der Waals surface area (Å²) in [6.45, 7) is 0. The molecule has 0 radical (unpaired) electrons. The molecule has 0 fully saturated rings. The van der Waals surface area contributed by atoms with Crippen LogP contribution in [-0.2, 0) is 4.74 Å². The number of hydrogen-bond acceptors (Lipinski definition) is 5. The van der Waals surface area contributed by atoms with Gasteiger partial charge in [0.15, 0.2) is 0 Å². The van der Waals surface area contributed by atoms with Crippen molar-refractivity contribution in [3.8, 4) is 17.2 Å². The van der Waals surface area contributed by atoms with Crippen LogP contribution < -0.4 is 4.74 Å². The predicted octanol–water partition coefficient (Wildman–Crippen LogP) is 2.14. The molecule has 1 heterocycles. The summed E-state index contributed by atoms with van der Waals surface area (Å²) in [5.41, 5.74) is 1.03. The summed E-state index contributed by atoms with van der Waals surface area (Å²) in [5, 5.41) is 0. The molecule has 0 aliphatic carbocycles. The Hall–Kier alpha value is -2.30. The van der Waals surface area contributed by atoms with Gasteiger partial charge in [-0.25, -0.2) is 9.78 Å². The number of ether oxygens (including phenoxy) is 2. The molecule has 0 unspecified atom stereocenters. The Morgan fingerprint density at radius 1 is 1.35 bits per heavy atom. The molecule has 2 rings (SSSR count). The van der Waals surface area contributed by atoms with Gasteiger partial charge in [0.2, 0.25) is 5.89 Å². The van der Waals surface area contributed by atoms with Crippen molar-refractivity contribution in [2.24, 2.45) is 0 Å². The van der Waals surface area contributed by atoms with E-state index in [0.29, 0.717) is 22.8 Å². The van der Waals surface area contributed by atoms with Gasteiger partial charge in [0.1, 0.15) is 17.6 Å². The van der Waals surface area contributed by atoms with Gasteiger partial charge < -0.3 is 13.9 Å². The van der Waals surface area contributed by atoms with Gasteiger partial charge in [-0.2, -0.15) is 0 Å². The number of esters is 1.